The zero-order valence-corrected chi connectivity index (χ0v) is 11.4. The Bertz CT molecular complexity index is 200. The van der Waals surface area contributed by atoms with Crippen molar-refractivity contribution in [2.75, 3.05) is 6.61 Å². The van der Waals surface area contributed by atoms with Gasteiger partial charge < -0.3 is 4.74 Å². The van der Waals surface area contributed by atoms with E-state index in [9.17, 15) is 4.79 Å². The Morgan fingerprint density at radius 1 is 1.00 bits per heavy atom. The van der Waals surface area contributed by atoms with Crippen molar-refractivity contribution in [2.45, 2.75) is 77.9 Å². The van der Waals surface area contributed by atoms with E-state index in [4.69, 9.17) is 4.74 Å². The fourth-order valence-corrected chi connectivity index (χ4v) is 1.77. The quantitative estimate of drug-likeness (QED) is 0.291. The van der Waals surface area contributed by atoms with E-state index in [0.29, 0.717) is 6.61 Å². The lowest BCUT2D eigenvalue weighted by molar-refractivity contribution is 0.0523. The number of ether oxygens (including phenoxy) is 1. The normalized spacial score (nSPS) is 12.1. The second-order valence-corrected chi connectivity index (χ2v) is 4.46. The maximum Gasteiger partial charge on any atom is 0.237 e. The zero-order valence-electron chi connectivity index (χ0n) is 11.4. The maximum absolute atomic E-state index is 10.2. The molecule has 1 unspecified atom stereocenters. The molecular weight excluding hydrogens is 214 g/mol. The molecule has 0 aromatic rings. The molecular formula is C14H27NO2. The average molecular weight is 241 g/mol. The molecule has 0 aliphatic heterocycles. The standard InChI is InChI=1S/C14H27NO2/c1-3-5-6-7-8-9-10-11-14(15-13-16)17-12-4-2/h14H,3-12H2,1-2H3. The lowest BCUT2D eigenvalue weighted by Crippen LogP contribution is -2.10. The van der Waals surface area contributed by atoms with Crippen LogP contribution in [0.3, 0.4) is 0 Å². The van der Waals surface area contributed by atoms with Crippen LogP contribution in [0, 0.1) is 0 Å². The molecule has 0 fully saturated rings. The third-order valence-corrected chi connectivity index (χ3v) is 2.77. The number of nitrogens with zero attached hydrogens (tertiary/aromatic N) is 1. The van der Waals surface area contributed by atoms with Crippen LogP contribution in [0.25, 0.3) is 0 Å². The first kappa shape index (κ1) is 16.3. The van der Waals surface area contributed by atoms with E-state index < -0.39 is 0 Å². The Hall–Kier alpha value is -0.660. The Kier molecular flexibility index (Phi) is 12.9. The van der Waals surface area contributed by atoms with E-state index in [-0.39, 0.29) is 6.23 Å². The van der Waals surface area contributed by atoms with Gasteiger partial charge in [0.1, 0.15) is 0 Å². The van der Waals surface area contributed by atoms with Crippen molar-refractivity contribution in [3.8, 4) is 0 Å². The number of hydrogen-bond acceptors (Lipinski definition) is 3. The molecule has 0 heterocycles. The van der Waals surface area contributed by atoms with Gasteiger partial charge in [-0.05, 0) is 19.3 Å². The second kappa shape index (κ2) is 13.4. The average Bonchev–Trinajstić information content (AvgIpc) is 2.34. The van der Waals surface area contributed by atoms with Gasteiger partial charge in [0.25, 0.3) is 0 Å². The van der Waals surface area contributed by atoms with Crippen LogP contribution in [0.15, 0.2) is 4.99 Å². The molecule has 0 aliphatic rings. The minimum absolute atomic E-state index is 0.261. The third-order valence-electron chi connectivity index (χ3n) is 2.77. The summed E-state index contributed by atoms with van der Waals surface area (Å²) in [6, 6.07) is 0. The molecule has 0 saturated heterocycles. The molecule has 0 N–H and O–H groups in total. The Balaban J connectivity index is 3.43. The first-order valence-corrected chi connectivity index (χ1v) is 7.03. The Labute approximate surface area is 106 Å². The number of isocyanates is 1. The van der Waals surface area contributed by atoms with Gasteiger partial charge in [-0.15, -0.1) is 0 Å². The van der Waals surface area contributed by atoms with E-state index in [1.54, 1.807) is 6.08 Å². The molecule has 1 atom stereocenters. The highest BCUT2D eigenvalue weighted by Crippen LogP contribution is 2.11. The summed E-state index contributed by atoms with van der Waals surface area (Å²) in [6.07, 6.45) is 12.0. The largest absolute Gasteiger partial charge is 0.356 e. The van der Waals surface area contributed by atoms with Crippen LogP contribution in [0.2, 0.25) is 0 Å². The Morgan fingerprint density at radius 3 is 2.24 bits per heavy atom. The highest BCUT2D eigenvalue weighted by molar-refractivity contribution is 5.33. The first-order chi connectivity index (χ1) is 8.35. The number of hydrogen-bond donors (Lipinski definition) is 0. The number of unbranched alkanes of at least 4 members (excludes halogenated alkanes) is 6. The monoisotopic (exact) mass is 241 g/mol. The van der Waals surface area contributed by atoms with Gasteiger partial charge in [-0.2, -0.15) is 4.99 Å². The molecule has 0 aromatic heterocycles. The minimum Gasteiger partial charge on any atom is -0.356 e. The van der Waals surface area contributed by atoms with Crippen molar-refractivity contribution in [3.05, 3.63) is 0 Å². The van der Waals surface area contributed by atoms with Gasteiger partial charge in [0, 0.05) is 6.61 Å². The lowest BCUT2D eigenvalue weighted by Gasteiger charge is -2.10. The summed E-state index contributed by atoms with van der Waals surface area (Å²) in [6.45, 7) is 4.95. The highest BCUT2D eigenvalue weighted by Gasteiger charge is 2.05. The van der Waals surface area contributed by atoms with Crippen LogP contribution in [-0.2, 0) is 9.53 Å². The molecule has 0 rings (SSSR count). The summed E-state index contributed by atoms with van der Waals surface area (Å²) in [4.78, 5) is 13.9. The summed E-state index contributed by atoms with van der Waals surface area (Å²) >= 11 is 0. The summed E-state index contributed by atoms with van der Waals surface area (Å²) in [5.41, 5.74) is 0. The van der Waals surface area contributed by atoms with Gasteiger partial charge in [-0.25, -0.2) is 4.79 Å². The predicted molar refractivity (Wildman–Crippen MR) is 70.8 cm³/mol. The van der Waals surface area contributed by atoms with Gasteiger partial charge in [0.05, 0.1) is 0 Å². The molecule has 0 radical (unpaired) electrons. The smallest absolute Gasteiger partial charge is 0.237 e. The summed E-state index contributed by atoms with van der Waals surface area (Å²) in [5, 5.41) is 0. The summed E-state index contributed by atoms with van der Waals surface area (Å²) in [7, 11) is 0. The Morgan fingerprint density at radius 2 is 1.65 bits per heavy atom. The van der Waals surface area contributed by atoms with Crippen molar-refractivity contribution >= 4 is 6.08 Å². The third kappa shape index (κ3) is 11.6. The first-order valence-electron chi connectivity index (χ1n) is 7.03. The molecule has 0 saturated carbocycles. The maximum atomic E-state index is 10.2. The minimum atomic E-state index is -0.261. The summed E-state index contributed by atoms with van der Waals surface area (Å²) < 4.78 is 5.45. The molecule has 0 aromatic carbocycles. The van der Waals surface area contributed by atoms with Gasteiger partial charge in [-0.3, -0.25) is 0 Å². The van der Waals surface area contributed by atoms with E-state index in [0.717, 1.165) is 19.3 Å². The van der Waals surface area contributed by atoms with Gasteiger partial charge in [0.15, 0.2) is 6.23 Å². The van der Waals surface area contributed by atoms with Crippen LogP contribution in [-0.4, -0.2) is 18.9 Å². The van der Waals surface area contributed by atoms with Gasteiger partial charge in [-0.1, -0.05) is 52.4 Å². The summed E-state index contributed by atoms with van der Waals surface area (Å²) in [5.74, 6) is 0. The molecule has 0 spiro atoms. The van der Waals surface area contributed by atoms with Gasteiger partial charge >= 0.3 is 0 Å². The van der Waals surface area contributed by atoms with E-state index >= 15 is 0 Å². The van der Waals surface area contributed by atoms with Crippen LogP contribution < -0.4 is 0 Å². The van der Waals surface area contributed by atoms with Crippen molar-refractivity contribution in [3.63, 3.8) is 0 Å². The molecule has 3 heteroatoms. The van der Waals surface area contributed by atoms with E-state index in [1.807, 2.05) is 0 Å². The van der Waals surface area contributed by atoms with E-state index in [2.05, 4.69) is 18.8 Å². The molecule has 0 bridgehead atoms. The van der Waals surface area contributed by atoms with Gasteiger partial charge in [0.2, 0.25) is 6.08 Å². The zero-order chi connectivity index (χ0) is 12.8. The highest BCUT2D eigenvalue weighted by atomic mass is 16.5. The number of carbonyl (C=O) groups excluding carboxylic acids is 1. The van der Waals surface area contributed by atoms with Crippen LogP contribution in [0.1, 0.15) is 71.6 Å². The van der Waals surface area contributed by atoms with E-state index in [1.165, 1.54) is 38.5 Å². The van der Waals surface area contributed by atoms with Crippen LogP contribution in [0.5, 0.6) is 0 Å². The number of aliphatic imine (C=N–C) groups is 1. The lowest BCUT2D eigenvalue weighted by atomic mass is 10.1. The predicted octanol–water partition coefficient (Wildman–Crippen LogP) is 4.22. The topological polar surface area (TPSA) is 38.7 Å². The molecule has 0 amide bonds. The van der Waals surface area contributed by atoms with Crippen LogP contribution >= 0.6 is 0 Å². The molecule has 100 valence electrons. The van der Waals surface area contributed by atoms with Crippen molar-refractivity contribution in [1.82, 2.24) is 0 Å². The SMILES string of the molecule is CCCCCCCCCC(N=C=O)OCCC. The molecule has 17 heavy (non-hydrogen) atoms. The molecule has 3 nitrogen and oxygen atoms in total. The van der Waals surface area contributed by atoms with Crippen LogP contribution in [0.4, 0.5) is 0 Å². The second-order valence-electron chi connectivity index (χ2n) is 4.46. The van der Waals surface area contributed by atoms with Crippen molar-refractivity contribution in [1.29, 1.82) is 0 Å². The van der Waals surface area contributed by atoms with Crippen molar-refractivity contribution < 1.29 is 9.53 Å². The molecule has 0 aliphatic carbocycles. The fourth-order valence-electron chi connectivity index (χ4n) is 1.77. The van der Waals surface area contributed by atoms with Crippen molar-refractivity contribution in [2.24, 2.45) is 4.99 Å². The number of rotatable bonds is 12. The fraction of sp³-hybridized carbons (Fsp3) is 0.929.